The summed E-state index contributed by atoms with van der Waals surface area (Å²) in [6.45, 7) is 2.96. The molecule has 0 radical (unpaired) electrons. The fourth-order valence-electron chi connectivity index (χ4n) is 3.06. The molecule has 0 spiro atoms. The van der Waals surface area contributed by atoms with Crippen molar-refractivity contribution in [2.24, 2.45) is 0 Å². The number of hydrogen-bond acceptors (Lipinski definition) is 4. The van der Waals surface area contributed by atoms with Crippen LogP contribution in [0.4, 0.5) is 0 Å². The topological polar surface area (TPSA) is 38.8 Å². The number of esters is 1. The van der Waals surface area contributed by atoms with Crippen LogP contribution in [0.25, 0.3) is 0 Å². The van der Waals surface area contributed by atoms with E-state index in [4.69, 9.17) is 9.47 Å². The molecular weight excluding hydrogens is 230 g/mol. The molecule has 2 unspecified atom stereocenters. The van der Waals surface area contributed by atoms with Gasteiger partial charge in [-0.15, -0.1) is 0 Å². The maximum Gasteiger partial charge on any atom is 0.323 e. The van der Waals surface area contributed by atoms with E-state index in [0.717, 1.165) is 45.4 Å². The third kappa shape index (κ3) is 3.69. The lowest BCUT2D eigenvalue weighted by Crippen LogP contribution is -2.45. The van der Waals surface area contributed by atoms with Crippen LogP contribution < -0.4 is 0 Å². The van der Waals surface area contributed by atoms with Gasteiger partial charge in [0.2, 0.25) is 0 Å². The molecule has 104 valence electrons. The molecule has 2 atom stereocenters. The van der Waals surface area contributed by atoms with E-state index in [1.807, 2.05) is 0 Å². The molecule has 0 aliphatic carbocycles. The molecule has 2 saturated heterocycles. The van der Waals surface area contributed by atoms with Gasteiger partial charge in [0.15, 0.2) is 0 Å². The van der Waals surface area contributed by atoms with Gasteiger partial charge in [-0.1, -0.05) is 6.42 Å². The number of ether oxygens (including phenoxy) is 2. The first-order valence-corrected chi connectivity index (χ1v) is 7.24. The Bertz CT molecular complexity index is 264. The van der Waals surface area contributed by atoms with Crippen molar-refractivity contribution in [3.05, 3.63) is 0 Å². The van der Waals surface area contributed by atoms with Gasteiger partial charge in [-0.25, -0.2) is 0 Å². The molecule has 0 bridgehead atoms. The largest absolute Gasteiger partial charge is 0.468 e. The third-order valence-electron chi connectivity index (χ3n) is 4.08. The van der Waals surface area contributed by atoms with Crippen LogP contribution in [0, 0.1) is 0 Å². The fraction of sp³-hybridized carbons (Fsp3) is 0.929. The van der Waals surface area contributed by atoms with E-state index >= 15 is 0 Å². The van der Waals surface area contributed by atoms with Crippen molar-refractivity contribution in [2.45, 2.75) is 57.1 Å². The average Bonchev–Trinajstić information content (AvgIpc) is 2.92. The number of methoxy groups -OCH3 is 1. The van der Waals surface area contributed by atoms with Crippen molar-refractivity contribution < 1.29 is 14.3 Å². The minimum Gasteiger partial charge on any atom is -0.468 e. The standard InChI is InChI=1S/C14H25NO3/c1-17-14(16)13-8-2-3-9-15(13)10-4-6-12-7-5-11-18-12/h12-13H,2-11H2,1H3. The number of carbonyl (C=O) groups is 1. The van der Waals surface area contributed by atoms with E-state index in [2.05, 4.69) is 4.90 Å². The summed E-state index contributed by atoms with van der Waals surface area (Å²) in [4.78, 5) is 14.0. The van der Waals surface area contributed by atoms with Crippen molar-refractivity contribution in [1.82, 2.24) is 4.90 Å². The number of nitrogens with zero attached hydrogens (tertiary/aromatic N) is 1. The number of hydrogen-bond donors (Lipinski definition) is 0. The van der Waals surface area contributed by atoms with Gasteiger partial charge in [0.1, 0.15) is 6.04 Å². The molecule has 0 saturated carbocycles. The molecule has 4 nitrogen and oxygen atoms in total. The van der Waals surface area contributed by atoms with Gasteiger partial charge in [0.25, 0.3) is 0 Å². The van der Waals surface area contributed by atoms with E-state index < -0.39 is 0 Å². The van der Waals surface area contributed by atoms with Crippen molar-refractivity contribution in [1.29, 1.82) is 0 Å². The summed E-state index contributed by atoms with van der Waals surface area (Å²) in [6.07, 6.45) is 8.43. The lowest BCUT2D eigenvalue weighted by molar-refractivity contribution is -0.148. The van der Waals surface area contributed by atoms with Crippen LogP contribution >= 0.6 is 0 Å². The first kappa shape index (κ1) is 13.8. The third-order valence-corrected chi connectivity index (χ3v) is 4.08. The SMILES string of the molecule is COC(=O)C1CCCCN1CCCC1CCCO1. The van der Waals surface area contributed by atoms with Crippen LogP contribution in [0.2, 0.25) is 0 Å². The Morgan fingerprint density at radius 1 is 1.33 bits per heavy atom. The quantitative estimate of drug-likeness (QED) is 0.704. The predicted octanol–water partition coefficient (Wildman–Crippen LogP) is 1.97. The highest BCUT2D eigenvalue weighted by atomic mass is 16.5. The summed E-state index contributed by atoms with van der Waals surface area (Å²) in [6, 6.07) is -0.00625. The van der Waals surface area contributed by atoms with Crippen LogP contribution in [0.5, 0.6) is 0 Å². The maximum atomic E-state index is 11.7. The second-order valence-electron chi connectivity index (χ2n) is 5.35. The summed E-state index contributed by atoms with van der Waals surface area (Å²) < 4.78 is 10.5. The van der Waals surface area contributed by atoms with Crippen molar-refractivity contribution >= 4 is 5.97 Å². The Hall–Kier alpha value is -0.610. The molecule has 0 aromatic heterocycles. The Morgan fingerprint density at radius 2 is 2.22 bits per heavy atom. The van der Waals surface area contributed by atoms with Gasteiger partial charge in [-0.2, -0.15) is 0 Å². The van der Waals surface area contributed by atoms with E-state index in [-0.39, 0.29) is 12.0 Å². The van der Waals surface area contributed by atoms with Crippen molar-refractivity contribution in [3.8, 4) is 0 Å². The highest BCUT2D eigenvalue weighted by molar-refractivity contribution is 5.75. The zero-order valence-corrected chi connectivity index (χ0v) is 11.4. The first-order chi connectivity index (χ1) is 8.81. The van der Waals surface area contributed by atoms with Gasteiger partial charge >= 0.3 is 5.97 Å². The lowest BCUT2D eigenvalue weighted by Gasteiger charge is -2.33. The van der Waals surface area contributed by atoms with E-state index in [0.29, 0.717) is 6.10 Å². The predicted molar refractivity (Wildman–Crippen MR) is 69.4 cm³/mol. The van der Waals surface area contributed by atoms with Crippen LogP contribution in [0.15, 0.2) is 0 Å². The number of rotatable bonds is 5. The molecule has 2 heterocycles. The average molecular weight is 255 g/mol. The minimum atomic E-state index is -0.0631. The van der Waals surface area contributed by atoms with Crippen LogP contribution in [-0.2, 0) is 14.3 Å². The molecule has 2 aliphatic heterocycles. The fourth-order valence-corrected chi connectivity index (χ4v) is 3.06. The van der Waals surface area contributed by atoms with Crippen molar-refractivity contribution in [2.75, 3.05) is 26.8 Å². The van der Waals surface area contributed by atoms with E-state index in [1.54, 1.807) is 0 Å². The van der Waals surface area contributed by atoms with E-state index in [9.17, 15) is 4.79 Å². The van der Waals surface area contributed by atoms with Crippen LogP contribution in [0.1, 0.15) is 44.9 Å². The Balaban J connectivity index is 1.72. The smallest absolute Gasteiger partial charge is 0.323 e. The van der Waals surface area contributed by atoms with Gasteiger partial charge < -0.3 is 9.47 Å². The highest BCUT2D eigenvalue weighted by Gasteiger charge is 2.29. The van der Waals surface area contributed by atoms with Gasteiger partial charge in [-0.05, 0) is 51.6 Å². The van der Waals surface area contributed by atoms with Gasteiger partial charge in [0.05, 0.1) is 13.2 Å². The maximum absolute atomic E-state index is 11.7. The summed E-state index contributed by atoms with van der Waals surface area (Å²) in [7, 11) is 1.49. The molecular formula is C14H25NO3. The number of piperidine rings is 1. The molecule has 0 aromatic rings. The summed E-state index contributed by atoms with van der Waals surface area (Å²) in [5.74, 6) is -0.0631. The molecule has 2 fully saturated rings. The molecule has 2 aliphatic rings. The Labute approximate surface area is 110 Å². The van der Waals surface area contributed by atoms with E-state index in [1.165, 1.54) is 26.4 Å². The van der Waals surface area contributed by atoms with Crippen LogP contribution in [0.3, 0.4) is 0 Å². The Kier molecular flexibility index (Phi) is 5.45. The first-order valence-electron chi connectivity index (χ1n) is 7.24. The summed E-state index contributed by atoms with van der Waals surface area (Å²) in [5, 5.41) is 0. The minimum absolute atomic E-state index is 0.00625. The lowest BCUT2D eigenvalue weighted by atomic mass is 10.0. The van der Waals surface area contributed by atoms with Crippen molar-refractivity contribution in [3.63, 3.8) is 0 Å². The zero-order chi connectivity index (χ0) is 12.8. The summed E-state index contributed by atoms with van der Waals surface area (Å²) in [5.41, 5.74) is 0. The molecule has 4 heteroatoms. The molecule has 18 heavy (non-hydrogen) atoms. The second-order valence-corrected chi connectivity index (χ2v) is 5.35. The second kappa shape index (κ2) is 7.10. The molecule has 0 aromatic carbocycles. The Morgan fingerprint density at radius 3 is 2.94 bits per heavy atom. The van der Waals surface area contributed by atoms with Gasteiger partial charge in [-0.3, -0.25) is 9.69 Å². The molecule has 2 rings (SSSR count). The zero-order valence-electron chi connectivity index (χ0n) is 11.4. The monoisotopic (exact) mass is 255 g/mol. The summed E-state index contributed by atoms with van der Waals surface area (Å²) >= 11 is 0. The number of likely N-dealkylation sites (tertiary alicyclic amines) is 1. The highest BCUT2D eigenvalue weighted by Crippen LogP contribution is 2.21. The molecule has 0 amide bonds. The number of carbonyl (C=O) groups excluding carboxylic acids is 1. The molecule has 0 N–H and O–H groups in total. The van der Waals surface area contributed by atoms with Gasteiger partial charge in [0, 0.05) is 6.61 Å². The normalized spacial score (nSPS) is 29.4. The van der Waals surface area contributed by atoms with Crippen LogP contribution in [-0.4, -0.2) is 49.8 Å².